The highest BCUT2D eigenvalue weighted by molar-refractivity contribution is 6.17. The van der Waals surface area contributed by atoms with Gasteiger partial charge >= 0.3 is 0 Å². The molecular weight excluding hydrogens is 360 g/mol. The molecule has 0 saturated carbocycles. The van der Waals surface area contributed by atoms with Gasteiger partial charge in [0.15, 0.2) is 5.54 Å². The van der Waals surface area contributed by atoms with Crippen LogP contribution in [-0.4, -0.2) is 11.8 Å². The predicted molar refractivity (Wildman–Crippen MR) is 116 cm³/mol. The molecule has 1 heterocycles. The summed E-state index contributed by atoms with van der Waals surface area (Å²) in [5.41, 5.74) is 4.32. The fraction of sp³-hybridized carbons (Fsp3) is 0.200. The molecule has 0 aliphatic carbocycles. The summed E-state index contributed by atoms with van der Waals surface area (Å²) in [7, 11) is 0. The Balaban J connectivity index is 1.83. The number of amides is 2. The van der Waals surface area contributed by atoms with Crippen LogP contribution in [0.15, 0.2) is 72.8 Å². The lowest BCUT2D eigenvalue weighted by Crippen LogP contribution is -2.67. The topological polar surface area (TPSA) is 49.4 Å². The Morgan fingerprint density at radius 1 is 0.862 bits per heavy atom. The van der Waals surface area contributed by atoms with E-state index in [4.69, 9.17) is 0 Å². The Morgan fingerprint density at radius 3 is 2.10 bits per heavy atom. The van der Waals surface area contributed by atoms with Crippen molar-refractivity contribution in [1.82, 2.24) is 0 Å². The van der Waals surface area contributed by atoms with Crippen LogP contribution in [0.2, 0.25) is 0 Å². The van der Waals surface area contributed by atoms with Gasteiger partial charge in [0.2, 0.25) is 5.91 Å². The summed E-state index contributed by atoms with van der Waals surface area (Å²) >= 11 is 0. The van der Waals surface area contributed by atoms with Crippen LogP contribution in [0.1, 0.15) is 28.7 Å². The van der Waals surface area contributed by atoms with Crippen LogP contribution >= 0.6 is 0 Å². The highest BCUT2D eigenvalue weighted by Gasteiger charge is 2.58. The Labute approximate surface area is 171 Å². The van der Waals surface area contributed by atoms with Gasteiger partial charge < -0.3 is 5.32 Å². The standard InChI is InChI=1S/C25H24N2O2/c1-17-12-14-20(15-13-17)25(24(29)26-21-10-6-4-8-18(21)2)16-23(28)27(25)22-11-7-5-9-19(22)3/h4-15H,16H2,1-3H3,(H,26,29). The lowest BCUT2D eigenvalue weighted by molar-refractivity contribution is -0.137. The fourth-order valence-corrected chi connectivity index (χ4v) is 3.97. The minimum Gasteiger partial charge on any atom is -0.323 e. The lowest BCUT2D eigenvalue weighted by Gasteiger charge is -2.51. The second-order valence-corrected chi connectivity index (χ2v) is 7.69. The molecule has 1 fully saturated rings. The number of rotatable bonds is 4. The lowest BCUT2D eigenvalue weighted by atomic mass is 9.75. The molecule has 1 aliphatic heterocycles. The van der Waals surface area contributed by atoms with E-state index in [1.807, 2.05) is 93.6 Å². The summed E-state index contributed by atoms with van der Waals surface area (Å²) in [5.74, 6) is -0.252. The molecule has 1 unspecified atom stereocenters. The first-order valence-electron chi connectivity index (χ1n) is 9.76. The van der Waals surface area contributed by atoms with Crippen molar-refractivity contribution in [3.8, 4) is 0 Å². The average Bonchev–Trinajstić information content (AvgIpc) is 2.70. The third kappa shape index (κ3) is 3.11. The van der Waals surface area contributed by atoms with Crippen LogP contribution in [-0.2, 0) is 15.1 Å². The molecular formula is C25H24N2O2. The van der Waals surface area contributed by atoms with Gasteiger partial charge in [0, 0.05) is 11.4 Å². The summed E-state index contributed by atoms with van der Waals surface area (Å²) < 4.78 is 0. The van der Waals surface area contributed by atoms with Crippen LogP contribution < -0.4 is 10.2 Å². The summed E-state index contributed by atoms with van der Waals surface area (Å²) in [5, 5.41) is 3.07. The fourth-order valence-electron chi connectivity index (χ4n) is 3.97. The minimum absolute atomic E-state index is 0.0557. The van der Waals surface area contributed by atoms with Crippen LogP contribution in [0.3, 0.4) is 0 Å². The van der Waals surface area contributed by atoms with E-state index in [1.54, 1.807) is 4.90 Å². The van der Waals surface area contributed by atoms with Gasteiger partial charge in [-0.15, -0.1) is 0 Å². The van der Waals surface area contributed by atoms with Crippen molar-refractivity contribution < 1.29 is 9.59 Å². The van der Waals surface area contributed by atoms with Gasteiger partial charge in [-0.05, 0) is 49.6 Å². The molecule has 1 aliphatic rings. The van der Waals surface area contributed by atoms with E-state index in [1.165, 1.54) is 0 Å². The predicted octanol–water partition coefficient (Wildman–Crippen LogP) is 4.88. The highest BCUT2D eigenvalue weighted by Crippen LogP contribution is 2.46. The van der Waals surface area contributed by atoms with E-state index in [0.29, 0.717) is 0 Å². The summed E-state index contributed by atoms with van der Waals surface area (Å²) in [6.45, 7) is 5.92. The van der Waals surface area contributed by atoms with E-state index in [9.17, 15) is 9.59 Å². The molecule has 3 aromatic carbocycles. The van der Waals surface area contributed by atoms with Gasteiger partial charge in [-0.1, -0.05) is 66.2 Å². The third-order valence-corrected chi connectivity index (χ3v) is 5.69. The van der Waals surface area contributed by atoms with Gasteiger partial charge in [-0.3, -0.25) is 14.5 Å². The zero-order valence-electron chi connectivity index (χ0n) is 16.9. The van der Waals surface area contributed by atoms with E-state index < -0.39 is 5.54 Å². The molecule has 4 nitrogen and oxygen atoms in total. The van der Waals surface area contributed by atoms with Crippen LogP contribution in [0.5, 0.6) is 0 Å². The SMILES string of the molecule is Cc1ccc(C2(C(=O)Nc3ccccc3C)CC(=O)N2c2ccccc2C)cc1. The highest BCUT2D eigenvalue weighted by atomic mass is 16.2. The maximum absolute atomic E-state index is 13.7. The largest absolute Gasteiger partial charge is 0.323 e. The monoisotopic (exact) mass is 384 g/mol. The van der Waals surface area contributed by atoms with Gasteiger partial charge in [-0.2, -0.15) is 0 Å². The Morgan fingerprint density at radius 2 is 1.48 bits per heavy atom. The smallest absolute Gasteiger partial charge is 0.255 e. The number of para-hydroxylation sites is 2. The summed E-state index contributed by atoms with van der Waals surface area (Å²) in [6, 6.07) is 23.2. The number of nitrogens with one attached hydrogen (secondary N) is 1. The Bertz CT molecular complexity index is 1090. The normalized spacial score (nSPS) is 18.3. The van der Waals surface area contributed by atoms with Gasteiger partial charge in [0.05, 0.1) is 6.42 Å². The number of aryl methyl sites for hydroxylation is 3. The Hall–Kier alpha value is -3.40. The average molecular weight is 384 g/mol. The third-order valence-electron chi connectivity index (χ3n) is 5.69. The molecule has 0 aromatic heterocycles. The summed E-state index contributed by atoms with van der Waals surface area (Å²) in [4.78, 5) is 28.2. The van der Waals surface area contributed by atoms with Crippen molar-refractivity contribution in [2.75, 3.05) is 10.2 Å². The van der Waals surface area contributed by atoms with Crippen molar-refractivity contribution in [1.29, 1.82) is 0 Å². The van der Waals surface area contributed by atoms with Crippen LogP contribution in [0, 0.1) is 20.8 Å². The molecule has 3 aromatic rings. The number of hydrogen-bond acceptors (Lipinski definition) is 2. The van der Waals surface area contributed by atoms with Crippen LogP contribution in [0.4, 0.5) is 11.4 Å². The number of nitrogens with zero attached hydrogens (tertiary/aromatic N) is 1. The number of anilines is 2. The van der Waals surface area contributed by atoms with Crippen molar-refractivity contribution in [3.63, 3.8) is 0 Å². The maximum Gasteiger partial charge on any atom is 0.255 e. The number of benzene rings is 3. The van der Waals surface area contributed by atoms with E-state index >= 15 is 0 Å². The van der Waals surface area contributed by atoms with Gasteiger partial charge in [-0.25, -0.2) is 0 Å². The van der Waals surface area contributed by atoms with Crippen molar-refractivity contribution in [3.05, 3.63) is 95.1 Å². The molecule has 4 rings (SSSR count). The van der Waals surface area contributed by atoms with Crippen LogP contribution in [0.25, 0.3) is 0 Å². The Kier molecular flexibility index (Phi) is 4.71. The van der Waals surface area contributed by atoms with Crippen molar-refractivity contribution in [2.24, 2.45) is 0 Å². The minimum atomic E-state index is -1.07. The maximum atomic E-state index is 13.7. The molecule has 146 valence electrons. The molecule has 4 heteroatoms. The molecule has 0 radical (unpaired) electrons. The summed E-state index contributed by atoms with van der Waals surface area (Å²) in [6.07, 6.45) is 0.141. The number of carbonyl (C=O) groups excluding carboxylic acids is 2. The number of β-lactam (4-membered cyclic amide) rings is 1. The first-order valence-corrected chi connectivity index (χ1v) is 9.76. The first-order chi connectivity index (χ1) is 13.9. The second-order valence-electron chi connectivity index (χ2n) is 7.69. The molecule has 0 bridgehead atoms. The van der Waals surface area contributed by atoms with Gasteiger partial charge in [0.25, 0.3) is 5.91 Å². The van der Waals surface area contributed by atoms with Gasteiger partial charge in [0.1, 0.15) is 0 Å². The molecule has 1 N–H and O–H groups in total. The molecule has 1 saturated heterocycles. The van der Waals surface area contributed by atoms with E-state index in [-0.39, 0.29) is 18.2 Å². The molecule has 2 amide bonds. The van der Waals surface area contributed by atoms with E-state index in [0.717, 1.165) is 33.6 Å². The van der Waals surface area contributed by atoms with E-state index in [2.05, 4.69) is 5.32 Å². The zero-order chi connectivity index (χ0) is 20.6. The number of hydrogen-bond donors (Lipinski definition) is 1. The molecule has 29 heavy (non-hydrogen) atoms. The zero-order valence-corrected chi connectivity index (χ0v) is 16.9. The number of carbonyl (C=O) groups is 2. The first kappa shape index (κ1) is 18.9. The second kappa shape index (κ2) is 7.21. The van der Waals surface area contributed by atoms with Crippen molar-refractivity contribution >= 4 is 23.2 Å². The quantitative estimate of drug-likeness (QED) is 0.652. The van der Waals surface area contributed by atoms with Crippen molar-refractivity contribution in [2.45, 2.75) is 32.7 Å². The molecule has 1 atom stereocenters. The molecule has 0 spiro atoms.